The predicted molar refractivity (Wildman–Crippen MR) is 117 cm³/mol. The number of benzene rings is 2. The Morgan fingerprint density at radius 3 is 2.44 bits per heavy atom. The summed E-state index contributed by atoms with van der Waals surface area (Å²) in [4.78, 5) is 4.33. The molecule has 3 aromatic rings. The molecule has 0 bridgehead atoms. The van der Waals surface area contributed by atoms with Gasteiger partial charge in [-0.1, -0.05) is 54.9 Å². The maximum absolute atomic E-state index is 13.8. The second-order valence-electron chi connectivity index (χ2n) is 8.39. The van der Waals surface area contributed by atoms with Crippen LogP contribution in [-0.2, 0) is 25.4 Å². The van der Waals surface area contributed by atoms with E-state index in [1.54, 1.807) is 6.07 Å². The molecule has 1 saturated heterocycles. The van der Waals surface area contributed by atoms with E-state index in [1.807, 2.05) is 12.1 Å². The van der Waals surface area contributed by atoms with Crippen LogP contribution in [0.15, 0.2) is 47.0 Å². The summed E-state index contributed by atoms with van der Waals surface area (Å²) in [5.41, 5.74) is 2.25. The Morgan fingerprint density at radius 1 is 1.03 bits per heavy atom. The standard InChI is InChI=1S/C25H28F3N3O/c1-2-3-5-17-7-9-18(10-8-17)11-12-19-13-14-20(16-21(19)25(26,27)28)23-30-24(32-31-23)22-6-4-15-29-22/h7-10,13-14,16,22,29H,2-6,11-12,15H2,1H3. The van der Waals surface area contributed by atoms with Crippen LogP contribution >= 0.6 is 0 Å². The van der Waals surface area contributed by atoms with Crippen LogP contribution in [0.2, 0.25) is 0 Å². The first-order valence-corrected chi connectivity index (χ1v) is 11.3. The van der Waals surface area contributed by atoms with Gasteiger partial charge in [-0.3, -0.25) is 0 Å². The quantitative estimate of drug-likeness (QED) is 0.443. The molecule has 7 heteroatoms. The van der Waals surface area contributed by atoms with Gasteiger partial charge in [0.25, 0.3) is 0 Å². The molecular weight excluding hydrogens is 415 g/mol. The zero-order valence-corrected chi connectivity index (χ0v) is 18.2. The fourth-order valence-corrected chi connectivity index (χ4v) is 4.12. The normalized spacial score (nSPS) is 16.6. The zero-order valence-electron chi connectivity index (χ0n) is 18.2. The van der Waals surface area contributed by atoms with E-state index in [4.69, 9.17) is 4.52 Å². The van der Waals surface area contributed by atoms with Gasteiger partial charge in [-0.15, -0.1) is 0 Å². The van der Waals surface area contributed by atoms with Crippen LogP contribution in [-0.4, -0.2) is 16.7 Å². The molecule has 4 nitrogen and oxygen atoms in total. The van der Waals surface area contributed by atoms with Gasteiger partial charge in [0, 0.05) is 5.56 Å². The summed E-state index contributed by atoms with van der Waals surface area (Å²) < 4.78 is 46.7. The Kier molecular flexibility index (Phi) is 6.94. The lowest BCUT2D eigenvalue weighted by Crippen LogP contribution is -2.13. The summed E-state index contributed by atoms with van der Waals surface area (Å²) in [6.45, 7) is 3.03. The molecule has 1 fully saturated rings. The fraction of sp³-hybridized carbons (Fsp3) is 0.440. The Bertz CT molecular complexity index is 1020. The second-order valence-corrected chi connectivity index (χ2v) is 8.39. The maximum Gasteiger partial charge on any atom is 0.416 e. The topological polar surface area (TPSA) is 51.0 Å². The Balaban J connectivity index is 1.50. The largest absolute Gasteiger partial charge is 0.416 e. The second kappa shape index (κ2) is 9.86. The first kappa shape index (κ1) is 22.5. The molecule has 1 aliphatic rings. The summed E-state index contributed by atoms with van der Waals surface area (Å²) in [7, 11) is 0. The summed E-state index contributed by atoms with van der Waals surface area (Å²) in [5.74, 6) is 0.617. The van der Waals surface area contributed by atoms with Gasteiger partial charge in [0.2, 0.25) is 11.7 Å². The van der Waals surface area contributed by atoms with Gasteiger partial charge >= 0.3 is 6.18 Å². The molecule has 1 aliphatic heterocycles. The van der Waals surface area contributed by atoms with Crippen LogP contribution in [0.25, 0.3) is 11.4 Å². The number of nitrogens with zero attached hydrogens (tertiary/aromatic N) is 2. The highest BCUT2D eigenvalue weighted by atomic mass is 19.4. The molecular formula is C25H28F3N3O. The molecule has 0 spiro atoms. The number of alkyl halides is 3. The van der Waals surface area contributed by atoms with Gasteiger partial charge in [-0.05, 0) is 67.8 Å². The van der Waals surface area contributed by atoms with Crippen molar-refractivity contribution in [2.45, 2.75) is 64.1 Å². The van der Waals surface area contributed by atoms with E-state index in [0.717, 1.165) is 50.3 Å². The molecule has 1 unspecified atom stereocenters. The van der Waals surface area contributed by atoms with Crippen molar-refractivity contribution in [2.24, 2.45) is 0 Å². The first-order chi connectivity index (χ1) is 15.4. The first-order valence-electron chi connectivity index (χ1n) is 11.3. The van der Waals surface area contributed by atoms with E-state index < -0.39 is 11.7 Å². The molecule has 32 heavy (non-hydrogen) atoms. The number of halogens is 3. The van der Waals surface area contributed by atoms with Gasteiger partial charge in [0.1, 0.15) is 0 Å². The molecule has 1 N–H and O–H groups in total. The Morgan fingerprint density at radius 2 is 1.78 bits per heavy atom. The molecule has 0 radical (unpaired) electrons. The third-order valence-electron chi connectivity index (χ3n) is 6.00. The zero-order chi connectivity index (χ0) is 22.6. The fourth-order valence-electron chi connectivity index (χ4n) is 4.12. The average Bonchev–Trinajstić information content (AvgIpc) is 3.48. The minimum Gasteiger partial charge on any atom is -0.337 e. The van der Waals surface area contributed by atoms with Crippen molar-refractivity contribution in [3.63, 3.8) is 0 Å². The monoisotopic (exact) mass is 443 g/mol. The van der Waals surface area contributed by atoms with E-state index >= 15 is 0 Å². The maximum atomic E-state index is 13.8. The van der Waals surface area contributed by atoms with Gasteiger partial charge in [-0.25, -0.2) is 0 Å². The van der Waals surface area contributed by atoms with Crippen molar-refractivity contribution in [1.82, 2.24) is 15.5 Å². The Hall–Kier alpha value is -2.67. The lowest BCUT2D eigenvalue weighted by molar-refractivity contribution is -0.138. The van der Waals surface area contributed by atoms with Gasteiger partial charge < -0.3 is 9.84 Å². The predicted octanol–water partition coefficient (Wildman–Crippen LogP) is 6.31. The molecule has 1 atom stereocenters. The highest BCUT2D eigenvalue weighted by molar-refractivity contribution is 5.57. The van der Waals surface area contributed by atoms with Crippen molar-refractivity contribution in [3.8, 4) is 11.4 Å². The highest BCUT2D eigenvalue weighted by Gasteiger charge is 2.34. The summed E-state index contributed by atoms with van der Waals surface area (Å²) in [6.07, 6.45) is 1.62. The van der Waals surface area contributed by atoms with Crippen LogP contribution in [0.3, 0.4) is 0 Å². The average molecular weight is 444 g/mol. The lowest BCUT2D eigenvalue weighted by Gasteiger charge is -2.14. The van der Waals surface area contributed by atoms with Crippen LogP contribution in [0.4, 0.5) is 13.2 Å². The summed E-state index contributed by atoms with van der Waals surface area (Å²) in [5, 5.41) is 7.17. The van der Waals surface area contributed by atoms with Crippen LogP contribution in [0, 0.1) is 0 Å². The van der Waals surface area contributed by atoms with E-state index in [1.165, 1.54) is 11.6 Å². The molecule has 0 saturated carbocycles. The lowest BCUT2D eigenvalue weighted by atomic mass is 9.96. The number of unbranched alkanes of at least 4 members (excludes halogenated alkanes) is 1. The number of aromatic nitrogens is 2. The van der Waals surface area contributed by atoms with Gasteiger partial charge in [0.05, 0.1) is 11.6 Å². The summed E-state index contributed by atoms with van der Waals surface area (Å²) in [6, 6.07) is 12.5. The van der Waals surface area contributed by atoms with Crippen LogP contribution < -0.4 is 5.32 Å². The molecule has 0 aliphatic carbocycles. The number of hydrogen-bond acceptors (Lipinski definition) is 4. The number of nitrogens with one attached hydrogen (secondary N) is 1. The van der Waals surface area contributed by atoms with E-state index in [-0.39, 0.29) is 17.4 Å². The van der Waals surface area contributed by atoms with Crippen molar-refractivity contribution in [1.29, 1.82) is 0 Å². The smallest absolute Gasteiger partial charge is 0.337 e. The minimum atomic E-state index is -4.45. The van der Waals surface area contributed by atoms with Gasteiger partial charge in [0.15, 0.2) is 0 Å². The van der Waals surface area contributed by atoms with Crippen molar-refractivity contribution >= 4 is 0 Å². The number of rotatable bonds is 8. The van der Waals surface area contributed by atoms with E-state index in [2.05, 4.69) is 34.5 Å². The summed E-state index contributed by atoms with van der Waals surface area (Å²) >= 11 is 0. The third kappa shape index (κ3) is 5.38. The van der Waals surface area contributed by atoms with Crippen molar-refractivity contribution in [2.75, 3.05) is 6.54 Å². The van der Waals surface area contributed by atoms with Crippen molar-refractivity contribution < 1.29 is 17.7 Å². The van der Waals surface area contributed by atoms with E-state index in [0.29, 0.717) is 24.3 Å². The van der Waals surface area contributed by atoms with Crippen LogP contribution in [0.5, 0.6) is 0 Å². The molecule has 0 amide bonds. The van der Waals surface area contributed by atoms with Crippen molar-refractivity contribution in [3.05, 3.63) is 70.6 Å². The molecule has 2 aromatic carbocycles. The molecule has 170 valence electrons. The molecule has 1 aromatic heterocycles. The van der Waals surface area contributed by atoms with Gasteiger partial charge in [-0.2, -0.15) is 18.2 Å². The number of hydrogen-bond donors (Lipinski definition) is 1. The third-order valence-corrected chi connectivity index (χ3v) is 6.00. The SMILES string of the molecule is CCCCc1ccc(CCc2ccc(-c3noc(C4CCCN4)n3)cc2C(F)(F)F)cc1. The van der Waals surface area contributed by atoms with Crippen LogP contribution in [0.1, 0.15) is 66.8 Å². The highest BCUT2D eigenvalue weighted by Crippen LogP contribution is 2.35. The molecule has 2 heterocycles. The molecule has 4 rings (SSSR count). The Labute approximate surface area is 186 Å². The minimum absolute atomic E-state index is 0.0222. The number of aryl methyl sites for hydroxylation is 3. The van der Waals surface area contributed by atoms with E-state index in [9.17, 15) is 13.2 Å².